The van der Waals surface area contributed by atoms with Crippen LogP contribution in [0.25, 0.3) is 0 Å². The molecule has 0 bridgehead atoms. The van der Waals surface area contributed by atoms with E-state index in [-0.39, 0.29) is 12.2 Å². The quantitative estimate of drug-likeness (QED) is 0.566. The van der Waals surface area contributed by atoms with Crippen LogP contribution in [0.2, 0.25) is 0 Å². The van der Waals surface area contributed by atoms with Gasteiger partial charge in [0.25, 0.3) is 0 Å². The molecule has 0 spiro atoms. The van der Waals surface area contributed by atoms with Crippen molar-refractivity contribution in [3.05, 3.63) is 0 Å². The topological polar surface area (TPSA) is 38.3 Å². The van der Waals surface area contributed by atoms with E-state index in [2.05, 4.69) is 27.9 Å². The van der Waals surface area contributed by atoms with Gasteiger partial charge in [0.15, 0.2) is 0 Å². The number of nitrogens with one attached hydrogen (secondary N) is 1. The van der Waals surface area contributed by atoms with Crippen molar-refractivity contribution in [2.75, 3.05) is 4.43 Å². The highest BCUT2D eigenvalue weighted by Crippen LogP contribution is 2.10. The Hall–Kier alpha value is 0. The second-order valence-electron chi connectivity index (χ2n) is 2.45. The number of cyclic esters (lactones) is 1. The standard InChI is InChI=1S/C6H10INO2/c1-4-2-5(3-7)8-6(9)10-4/h4-5H,2-3H2,1H3,(H,8,9)/t4-,5-/m1/s1. The van der Waals surface area contributed by atoms with Crippen LogP contribution in [-0.2, 0) is 4.74 Å². The van der Waals surface area contributed by atoms with Gasteiger partial charge in [-0.3, -0.25) is 0 Å². The fourth-order valence-electron chi connectivity index (χ4n) is 0.993. The van der Waals surface area contributed by atoms with E-state index in [1.54, 1.807) is 0 Å². The molecule has 0 aliphatic carbocycles. The van der Waals surface area contributed by atoms with E-state index >= 15 is 0 Å². The SMILES string of the molecule is C[C@@H]1C[C@H](CI)NC(=O)O1. The zero-order chi connectivity index (χ0) is 7.56. The first-order chi connectivity index (χ1) is 4.72. The number of carbonyl (C=O) groups is 1. The first-order valence-corrected chi connectivity index (χ1v) is 4.78. The van der Waals surface area contributed by atoms with Crippen LogP contribution in [0.1, 0.15) is 13.3 Å². The average molecular weight is 255 g/mol. The molecule has 1 fully saturated rings. The van der Waals surface area contributed by atoms with E-state index in [0.717, 1.165) is 10.8 Å². The molecule has 10 heavy (non-hydrogen) atoms. The van der Waals surface area contributed by atoms with Crippen molar-refractivity contribution in [1.29, 1.82) is 0 Å². The van der Waals surface area contributed by atoms with Crippen molar-refractivity contribution in [3.63, 3.8) is 0 Å². The van der Waals surface area contributed by atoms with Crippen LogP contribution in [0.15, 0.2) is 0 Å². The van der Waals surface area contributed by atoms with E-state index in [1.165, 1.54) is 0 Å². The summed E-state index contributed by atoms with van der Waals surface area (Å²) >= 11 is 2.26. The molecule has 0 unspecified atom stereocenters. The first-order valence-electron chi connectivity index (χ1n) is 3.25. The van der Waals surface area contributed by atoms with Gasteiger partial charge >= 0.3 is 6.09 Å². The molecular formula is C6H10INO2. The van der Waals surface area contributed by atoms with E-state index < -0.39 is 0 Å². The Labute approximate surface area is 73.6 Å². The Balaban J connectivity index is 2.42. The maximum absolute atomic E-state index is 10.7. The Morgan fingerprint density at radius 2 is 2.60 bits per heavy atom. The smallest absolute Gasteiger partial charge is 0.407 e. The van der Waals surface area contributed by atoms with Crippen LogP contribution in [-0.4, -0.2) is 22.7 Å². The fourth-order valence-corrected chi connectivity index (χ4v) is 1.57. The minimum atomic E-state index is -0.277. The minimum absolute atomic E-state index is 0.0773. The van der Waals surface area contributed by atoms with Crippen molar-refractivity contribution in [1.82, 2.24) is 5.32 Å². The summed E-state index contributed by atoms with van der Waals surface area (Å²) in [4.78, 5) is 10.7. The Kier molecular flexibility index (Phi) is 2.76. The minimum Gasteiger partial charge on any atom is -0.446 e. The summed E-state index contributed by atoms with van der Waals surface area (Å²) in [5.41, 5.74) is 0. The lowest BCUT2D eigenvalue weighted by atomic mass is 10.1. The van der Waals surface area contributed by atoms with Gasteiger partial charge in [0.2, 0.25) is 0 Å². The lowest BCUT2D eigenvalue weighted by molar-refractivity contribution is 0.0725. The highest BCUT2D eigenvalue weighted by molar-refractivity contribution is 14.1. The van der Waals surface area contributed by atoms with Crippen LogP contribution in [0.4, 0.5) is 4.79 Å². The van der Waals surface area contributed by atoms with E-state index in [4.69, 9.17) is 4.74 Å². The monoisotopic (exact) mass is 255 g/mol. The number of alkyl carbamates (subject to hydrolysis) is 1. The zero-order valence-corrected chi connectivity index (χ0v) is 7.92. The molecule has 3 nitrogen and oxygen atoms in total. The van der Waals surface area contributed by atoms with Gasteiger partial charge in [-0.05, 0) is 6.92 Å². The molecule has 0 aromatic heterocycles. The van der Waals surface area contributed by atoms with Crippen LogP contribution < -0.4 is 5.32 Å². The van der Waals surface area contributed by atoms with Crippen molar-refractivity contribution >= 4 is 28.7 Å². The largest absolute Gasteiger partial charge is 0.446 e. The van der Waals surface area contributed by atoms with Gasteiger partial charge in [0.05, 0.1) is 0 Å². The zero-order valence-electron chi connectivity index (χ0n) is 5.76. The number of ether oxygens (including phenoxy) is 1. The van der Waals surface area contributed by atoms with Crippen molar-refractivity contribution in [2.45, 2.75) is 25.5 Å². The summed E-state index contributed by atoms with van der Waals surface area (Å²) in [5, 5.41) is 2.73. The second-order valence-corrected chi connectivity index (χ2v) is 3.33. The molecule has 1 rings (SSSR count). The van der Waals surface area contributed by atoms with Gasteiger partial charge in [-0.15, -0.1) is 0 Å². The van der Waals surface area contributed by atoms with Crippen molar-refractivity contribution < 1.29 is 9.53 Å². The van der Waals surface area contributed by atoms with E-state index in [0.29, 0.717) is 6.04 Å². The van der Waals surface area contributed by atoms with Gasteiger partial charge in [-0.25, -0.2) is 4.79 Å². The molecule has 0 aromatic rings. The summed E-state index contributed by atoms with van der Waals surface area (Å²) in [6, 6.07) is 0.303. The average Bonchev–Trinajstić information content (AvgIpc) is 1.85. The molecule has 1 aliphatic heterocycles. The Morgan fingerprint density at radius 1 is 1.90 bits per heavy atom. The molecule has 1 heterocycles. The first kappa shape index (κ1) is 8.10. The summed E-state index contributed by atoms with van der Waals surface area (Å²) in [5.74, 6) is 0. The number of hydrogen-bond donors (Lipinski definition) is 1. The van der Waals surface area contributed by atoms with Gasteiger partial charge in [-0.1, -0.05) is 22.6 Å². The molecule has 58 valence electrons. The van der Waals surface area contributed by atoms with Crippen molar-refractivity contribution in [2.24, 2.45) is 0 Å². The van der Waals surface area contributed by atoms with Crippen LogP contribution >= 0.6 is 22.6 Å². The molecule has 0 radical (unpaired) electrons. The van der Waals surface area contributed by atoms with Gasteiger partial charge < -0.3 is 10.1 Å². The molecular weight excluding hydrogens is 245 g/mol. The molecule has 4 heteroatoms. The normalized spacial score (nSPS) is 32.8. The lowest BCUT2D eigenvalue weighted by Crippen LogP contribution is -2.45. The third-order valence-electron chi connectivity index (χ3n) is 1.43. The number of rotatable bonds is 1. The van der Waals surface area contributed by atoms with Crippen molar-refractivity contribution in [3.8, 4) is 0 Å². The summed E-state index contributed by atoms with van der Waals surface area (Å²) in [6.07, 6.45) is 0.725. The van der Waals surface area contributed by atoms with Gasteiger partial charge in [0, 0.05) is 16.9 Å². The van der Waals surface area contributed by atoms with E-state index in [1.807, 2.05) is 6.92 Å². The highest BCUT2D eigenvalue weighted by Gasteiger charge is 2.23. The van der Waals surface area contributed by atoms with Gasteiger partial charge in [0.1, 0.15) is 6.10 Å². The molecule has 1 aliphatic rings. The number of carbonyl (C=O) groups excluding carboxylic acids is 1. The molecule has 2 atom stereocenters. The summed E-state index contributed by atoms with van der Waals surface area (Å²) in [7, 11) is 0. The molecule has 1 N–H and O–H groups in total. The number of halogens is 1. The lowest BCUT2D eigenvalue weighted by Gasteiger charge is -2.26. The number of alkyl halides is 1. The maximum Gasteiger partial charge on any atom is 0.407 e. The third-order valence-corrected chi connectivity index (χ3v) is 2.50. The Morgan fingerprint density at radius 3 is 3.10 bits per heavy atom. The van der Waals surface area contributed by atoms with E-state index in [9.17, 15) is 4.79 Å². The predicted molar refractivity (Wildman–Crippen MR) is 46.4 cm³/mol. The highest BCUT2D eigenvalue weighted by atomic mass is 127. The maximum atomic E-state index is 10.7. The third kappa shape index (κ3) is 2.00. The molecule has 0 saturated carbocycles. The molecule has 1 amide bonds. The van der Waals surface area contributed by atoms with Crippen LogP contribution in [0.3, 0.4) is 0 Å². The van der Waals surface area contributed by atoms with Crippen LogP contribution in [0.5, 0.6) is 0 Å². The van der Waals surface area contributed by atoms with Gasteiger partial charge in [-0.2, -0.15) is 0 Å². The molecule has 1 saturated heterocycles. The predicted octanol–water partition coefficient (Wildman–Crippen LogP) is 1.31. The Bertz CT molecular complexity index is 140. The summed E-state index contributed by atoms with van der Waals surface area (Å²) in [6.45, 7) is 1.91. The van der Waals surface area contributed by atoms with Crippen LogP contribution in [0, 0.1) is 0 Å². The summed E-state index contributed by atoms with van der Waals surface area (Å²) < 4.78 is 5.82. The number of amides is 1. The second kappa shape index (κ2) is 3.41. The fraction of sp³-hybridized carbons (Fsp3) is 0.833. The number of hydrogen-bond acceptors (Lipinski definition) is 2. The molecule has 0 aromatic carbocycles.